The summed E-state index contributed by atoms with van der Waals surface area (Å²) in [4.78, 5) is 119. The second-order valence-corrected chi connectivity index (χ2v) is 20.0. The number of carbonyl (C=O) groups excluding carboxylic acids is 8. The molecular formula is C55H80N6O10. The number of methoxy groups -OCH3 is 2. The SMILES string of the molecule is CC[C@H](C)[C@@H]([C@@H](CC(=O)N1CCC[C@H]1[C@H](OC)[C@@H](C)C(=O)C[C@@H](Cc1ccccc1)C(C)=O)OC)N(C)C(=O)[C@@H](Cc1nc(C)cc(C(=O)NCCCC(=O)CCCCCN2C(=O)C=CC2=O)n1)C(C)C. The van der Waals surface area contributed by atoms with E-state index in [0.717, 1.165) is 12.0 Å². The Morgan fingerprint density at radius 2 is 1.55 bits per heavy atom. The number of unbranched alkanes of at least 4 members (excludes halogenated alkanes) is 2. The first-order valence-electron chi connectivity index (χ1n) is 25.7. The molecule has 2 aromatic rings. The number of amides is 5. The van der Waals surface area contributed by atoms with Crippen molar-refractivity contribution in [3.8, 4) is 0 Å². The van der Waals surface area contributed by atoms with Crippen molar-refractivity contribution in [2.75, 3.05) is 40.9 Å². The number of rotatable bonds is 31. The number of ether oxygens (including phenoxy) is 2. The van der Waals surface area contributed by atoms with Crippen molar-refractivity contribution in [1.29, 1.82) is 0 Å². The second kappa shape index (κ2) is 28.5. The zero-order valence-electron chi connectivity index (χ0n) is 43.9. The van der Waals surface area contributed by atoms with Gasteiger partial charge in [-0.1, -0.05) is 77.8 Å². The van der Waals surface area contributed by atoms with E-state index in [2.05, 4.69) is 15.3 Å². The second-order valence-electron chi connectivity index (χ2n) is 20.0. The summed E-state index contributed by atoms with van der Waals surface area (Å²) in [6.07, 6.45) is 7.29. The summed E-state index contributed by atoms with van der Waals surface area (Å²) in [5, 5.41) is 2.86. The number of nitrogens with zero attached hydrogens (tertiary/aromatic N) is 5. The van der Waals surface area contributed by atoms with Gasteiger partial charge in [0.25, 0.3) is 17.7 Å². The summed E-state index contributed by atoms with van der Waals surface area (Å²) in [5.41, 5.74) is 1.73. The molecule has 3 heterocycles. The largest absolute Gasteiger partial charge is 0.379 e. The van der Waals surface area contributed by atoms with E-state index < -0.39 is 41.9 Å². The average Bonchev–Trinajstić information content (AvgIpc) is 3.96. The molecule has 390 valence electrons. The number of aromatic nitrogens is 2. The summed E-state index contributed by atoms with van der Waals surface area (Å²) in [7, 11) is 4.88. The van der Waals surface area contributed by atoms with Crippen LogP contribution < -0.4 is 5.32 Å². The number of nitrogens with one attached hydrogen (secondary N) is 1. The van der Waals surface area contributed by atoms with Gasteiger partial charge in [-0.05, 0) is 75.8 Å². The van der Waals surface area contributed by atoms with Crippen molar-refractivity contribution < 1.29 is 47.8 Å². The summed E-state index contributed by atoms with van der Waals surface area (Å²) in [5.74, 6) is -2.79. The molecule has 0 aliphatic carbocycles. The van der Waals surface area contributed by atoms with Gasteiger partial charge in [0.15, 0.2) is 0 Å². The zero-order valence-corrected chi connectivity index (χ0v) is 43.9. The molecule has 1 aromatic carbocycles. The Morgan fingerprint density at radius 3 is 2.17 bits per heavy atom. The third-order valence-corrected chi connectivity index (χ3v) is 14.5. The number of likely N-dealkylation sites (tertiary alicyclic amines) is 1. The van der Waals surface area contributed by atoms with Crippen LogP contribution in [0, 0.1) is 36.5 Å². The lowest BCUT2D eigenvalue weighted by molar-refractivity contribution is -0.148. The number of benzene rings is 1. The number of ketones is 3. The Labute approximate surface area is 421 Å². The minimum Gasteiger partial charge on any atom is -0.379 e. The predicted octanol–water partition coefficient (Wildman–Crippen LogP) is 6.49. The van der Waals surface area contributed by atoms with E-state index in [1.54, 1.807) is 44.1 Å². The standard InChI is InChI=1S/C55H80N6O10/c1-11-36(4)52(47(70-9)34-51(67)60-29-19-24-45(60)53(71-10)38(6)46(64)32-41(39(7)62)31-40-20-14-12-15-21-40)59(8)55(69)43(35(2)3)33-48-57-37(5)30-44(58-48)54(68)56-27-18-23-42(63)22-16-13-17-28-61-49(65)25-26-50(61)66/h12,14-15,20-21,25-26,30,35-36,38,41,43,45,47,52-53H,11,13,16-19,22-24,27-29,31-34H2,1-10H3,(H,56,68)/t36-,38-,41+,43-,45-,47+,52-,53+/m0/s1. The first kappa shape index (κ1) is 58.1. The minimum absolute atomic E-state index is 0.00711. The van der Waals surface area contributed by atoms with Crippen molar-refractivity contribution in [3.05, 3.63) is 71.3 Å². The van der Waals surface area contributed by atoms with E-state index >= 15 is 0 Å². The Bertz CT molecular complexity index is 2160. The molecule has 1 saturated heterocycles. The number of Topliss-reactive ketones (excluding diaryl/α,β-unsaturated/α-hetero) is 3. The van der Waals surface area contributed by atoms with E-state index in [9.17, 15) is 38.4 Å². The van der Waals surface area contributed by atoms with Crippen molar-refractivity contribution in [2.24, 2.45) is 29.6 Å². The van der Waals surface area contributed by atoms with Crippen molar-refractivity contribution in [1.82, 2.24) is 30.0 Å². The van der Waals surface area contributed by atoms with Crippen LogP contribution in [0.2, 0.25) is 0 Å². The lowest BCUT2D eigenvalue weighted by Crippen LogP contribution is -2.54. The minimum atomic E-state index is -0.653. The van der Waals surface area contributed by atoms with E-state index in [1.807, 2.05) is 65.0 Å². The maximum Gasteiger partial charge on any atom is 0.270 e. The van der Waals surface area contributed by atoms with Gasteiger partial charge in [0.1, 0.15) is 28.9 Å². The smallest absolute Gasteiger partial charge is 0.270 e. The van der Waals surface area contributed by atoms with Gasteiger partial charge in [-0.25, -0.2) is 9.97 Å². The molecule has 71 heavy (non-hydrogen) atoms. The van der Waals surface area contributed by atoms with E-state index in [0.29, 0.717) is 82.4 Å². The molecule has 8 atom stereocenters. The fourth-order valence-corrected chi connectivity index (χ4v) is 10.1. The molecule has 2 aliphatic rings. The molecule has 2 aliphatic heterocycles. The molecule has 1 fully saturated rings. The van der Waals surface area contributed by atoms with Crippen molar-refractivity contribution in [3.63, 3.8) is 0 Å². The van der Waals surface area contributed by atoms with E-state index in [1.165, 1.54) is 24.0 Å². The average molecular weight is 985 g/mol. The van der Waals surface area contributed by atoms with Crippen LogP contribution in [0.15, 0.2) is 48.6 Å². The molecule has 16 nitrogen and oxygen atoms in total. The number of carbonyl (C=O) groups is 8. The molecule has 0 bridgehead atoms. The first-order chi connectivity index (χ1) is 33.8. The third kappa shape index (κ3) is 16.8. The molecule has 16 heteroatoms. The van der Waals surface area contributed by atoms with Crippen LogP contribution in [0.4, 0.5) is 0 Å². The normalized spacial score (nSPS) is 17.7. The zero-order chi connectivity index (χ0) is 52.4. The number of aryl methyl sites for hydroxylation is 1. The number of hydrogen-bond donors (Lipinski definition) is 1. The number of likely N-dealkylation sites (N-methyl/N-ethyl adjacent to an activating group) is 1. The summed E-state index contributed by atoms with van der Waals surface area (Å²) >= 11 is 0. The van der Waals surface area contributed by atoms with Crippen LogP contribution in [0.5, 0.6) is 0 Å². The van der Waals surface area contributed by atoms with Gasteiger partial charge in [-0.2, -0.15) is 0 Å². The Morgan fingerprint density at radius 1 is 0.873 bits per heavy atom. The molecule has 1 aromatic heterocycles. The summed E-state index contributed by atoms with van der Waals surface area (Å²) in [6.45, 7) is 14.2. The lowest BCUT2D eigenvalue weighted by Gasteiger charge is -2.40. The number of imide groups is 1. The predicted molar refractivity (Wildman–Crippen MR) is 270 cm³/mol. The van der Waals surface area contributed by atoms with Crippen molar-refractivity contribution in [2.45, 2.75) is 156 Å². The molecule has 0 radical (unpaired) electrons. The molecule has 0 unspecified atom stereocenters. The molecule has 1 N–H and O–H groups in total. The van der Waals surface area contributed by atoms with E-state index in [-0.39, 0.29) is 90.4 Å². The number of hydrogen-bond acceptors (Lipinski definition) is 12. The van der Waals surface area contributed by atoms with Gasteiger partial charge in [-0.3, -0.25) is 43.3 Å². The first-order valence-corrected chi connectivity index (χ1v) is 25.7. The Balaban J connectivity index is 1.36. The molecule has 0 spiro atoms. The van der Waals surface area contributed by atoms with Crippen LogP contribution in [-0.4, -0.2) is 137 Å². The fourth-order valence-electron chi connectivity index (χ4n) is 10.1. The maximum absolute atomic E-state index is 14.7. The highest BCUT2D eigenvalue weighted by Gasteiger charge is 2.43. The van der Waals surface area contributed by atoms with Gasteiger partial charge in [0.05, 0.1) is 30.7 Å². The molecular weight excluding hydrogens is 905 g/mol. The van der Waals surface area contributed by atoms with Crippen LogP contribution in [0.25, 0.3) is 0 Å². The third-order valence-electron chi connectivity index (χ3n) is 14.5. The van der Waals surface area contributed by atoms with Crippen LogP contribution in [-0.2, 0) is 55.9 Å². The van der Waals surface area contributed by atoms with Crippen LogP contribution in [0.3, 0.4) is 0 Å². The van der Waals surface area contributed by atoms with Gasteiger partial charge >= 0.3 is 0 Å². The quantitative estimate of drug-likeness (QED) is 0.0637. The molecule has 5 amide bonds. The maximum atomic E-state index is 14.7. The highest BCUT2D eigenvalue weighted by molar-refractivity contribution is 6.12. The van der Waals surface area contributed by atoms with E-state index in [4.69, 9.17) is 9.47 Å². The summed E-state index contributed by atoms with van der Waals surface area (Å²) in [6, 6.07) is 10.4. The molecule has 0 saturated carbocycles. The highest BCUT2D eigenvalue weighted by Crippen LogP contribution is 2.32. The van der Waals surface area contributed by atoms with Gasteiger partial charge in [0.2, 0.25) is 11.8 Å². The van der Waals surface area contributed by atoms with Gasteiger partial charge in [-0.15, -0.1) is 0 Å². The topological polar surface area (TPSA) is 203 Å². The van der Waals surface area contributed by atoms with Crippen LogP contribution >= 0.6 is 0 Å². The monoisotopic (exact) mass is 985 g/mol. The van der Waals surface area contributed by atoms with Gasteiger partial charge in [0, 0.05) is 102 Å². The molecule has 4 rings (SSSR count). The lowest BCUT2D eigenvalue weighted by atomic mass is 9.84. The Hall–Kier alpha value is -5.48. The van der Waals surface area contributed by atoms with Crippen molar-refractivity contribution >= 4 is 46.9 Å². The Kier molecular flexibility index (Phi) is 23.3. The highest BCUT2D eigenvalue weighted by atomic mass is 16.5. The fraction of sp³-hybridized carbons (Fsp3) is 0.636. The van der Waals surface area contributed by atoms with Crippen LogP contribution in [0.1, 0.15) is 140 Å². The van der Waals surface area contributed by atoms with Gasteiger partial charge < -0.3 is 24.6 Å². The summed E-state index contributed by atoms with van der Waals surface area (Å²) < 4.78 is 12.1.